The summed E-state index contributed by atoms with van der Waals surface area (Å²) in [6, 6.07) is 3.94. The number of thiazole rings is 1. The highest BCUT2D eigenvalue weighted by molar-refractivity contribution is 7.07. The van der Waals surface area contributed by atoms with Gasteiger partial charge in [0.1, 0.15) is 35.9 Å². The molecular formula is C17H19NO8S. The number of carbonyl (C=O) groups excluding carboxylic acids is 1. The van der Waals surface area contributed by atoms with E-state index in [9.17, 15) is 30.3 Å². The van der Waals surface area contributed by atoms with Crippen LogP contribution in [0.15, 0.2) is 29.1 Å². The van der Waals surface area contributed by atoms with E-state index in [1.807, 2.05) is 0 Å². The number of ether oxygens (including phenoxy) is 2. The van der Waals surface area contributed by atoms with Gasteiger partial charge in [-0.1, -0.05) is 0 Å². The van der Waals surface area contributed by atoms with Crippen molar-refractivity contribution in [3.63, 3.8) is 0 Å². The number of aromatic nitrogens is 1. The Kier molecular flexibility index (Phi) is 6.05. The average molecular weight is 397 g/mol. The van der Waals surface area contributed by atoms with Crippen LogP contribution >= 0.6 is 11.3 Å². The predicted octanol–water partition coefficient (Wildman–Crippen LogP) is -0.547. The van der Waals surface area contributed by atoms with Crippen LogP contribution in [0.1, 0.15) is 16.1 Å². The number of hydrogen-bond acceptors (Lipinski definition) is 10. The van der Waals surface area contributed by atoms with Crippen molar-refractivity contribution in [2.24, 2.45) is 0 Å². The van der Waals surface area contributed by atoms with Gasteiger partial charge in [0, 0.05) is 11.4 Å². The zero-order valence-corrected chi connectivity index (χ0v) is 14.8. The number of hydrogen-bond donors (Lipinski definition) is 5. The first-order chi connectivity index (χ1) is 12.9. The number of carbonyl (C=O) groups is 1. The van der Waals surface area contributed by atoms with Gasteiger partial charge in [-0.3, -0.25) is 4.79 Å². The molecule has 0 radical (unpaired) electrons. The summed E-state index contributed by atoms with van der Waals surface area (Å²) in [5.74, 6) is -0.572. The number of rotatable bonds is 6. The van der Waals surface area contributed by atoms with Crippen molar-refractivity contribution < 1.29 is 39.8 Å². The van der Waals surface area contributed by atoms with Crippen molar-refractivity contribution in [3.8, 4) is 11.5 Å². The van der Waals surface area contributed by atoms with Crippen molar-refractivity contribution in [1.82, 2.24) is 4.98 Å². The first kappa shape index (κ1) is 19.7. The van der Waals surface area contributed by atoms with E-state index < -0.39 is 37.3 Å². The Morgan fingerprint density at radius 2 is 2.00 bits per heavy atom. The lowest BCUT2D eigenvalue weighted by Gasteiger charge is -2.39. The Hall–Kier alpha value is -2.08. The molecule has 146 valence electrons. The second-order valence-electron chi connectivity index (χ2n) is 6.07. The minimum absolute atomic E-state index is 0.0456. The van der Waals surface area contributed by atoms with Gasteiger partial charge in [-0.15, -0.1) is 11.3 Å². The van der Waals surface area contributed by atoms with Crippen LogP contribution in [-0.4, -0.2) is 73.6 Å². The Morgan fingerprint density at radius 3 is 2.63 bits per heavy atom. The van der Waals surface area contributed by atoms with Crippen LogP contribution in [0.2, 0.25) is 0 Å². The van der Waals surface area contributed by atoms with Gasteiger partial charge >= 0.3 is 0 Å². The predicted molar refractivity (Wildman–Crippen MR) is 92.7 cm³/mol. The molecule has 3 rings (SSSR count). The summed E-state index contributed by atoms with van der Waals surface area (Å²) >= 11 is 1.37. The van der Waals surface area contributed by atoms with Gasteiger partial charge in [0.15, 0.2) is 5.78 Å². The molecule has 1 aliphatic rings. The minimum Gasteiger partial charge on any atom is -0.507 e. The highest BCUT2D eigenvalue weighted by atomic mass is 32.1. The third-order valence-corrected chi connectivity index (χ3v) is 4.83. The van der Waals surface area contributed by atoms with Gasteiger partial charge < -0.3 is 35.0 Å². The van der Waals surface area contributed by atoms with Crippen molar-refractivity contribution in [2.75, 3.05) is 6.61 Å². The van der Waals surface area contributed by atoms with Gasteiger partial charge in [0.05, 0.1) is 29.8 Å². The molecule has 0 saturated carbocycles. The zero-order chi connectivity index (χ0) is 19.6. The van der Waals surface area contributed by atoms with Gasteiger partial charge in [-0.2, -0.15) is 0 Å². The summed E-state index contributed by atoms with van der Waals surface area (Å²) < 4.78 is 10.6. The van der Waals surface area contributed by atoms with E-state index in [1.54, 1.807) is 10.9 Å². The lowest BCUT2D eigenvalue weighted by molar-refractivity contribution is -0.277. The summed E-state index contributed by atoms with van der Waals surface area (Å²) in [6.07, 6.45) is -7.09. The fourth-order valence-corrected chi connectivity index (χ4v) is 3.26. The quantitative estimate of drug-likeness (QED) is 0.405. The van der Waals surface area contributed by atoms with Gasteiger partial charge in [0.25, 0.3) is 0 Å². The second kappa shape index (κ2) is 8.30. The van der Waals surface area contributed by atoms with Crippen LogP contribution in [-0.2, 0) is 11.2 Å². The lowest BCUT2D eigenvalue weighted by Crippen LogP contribution is -2.60. The maximum Gasteiger partial charge on any atom is 0.229 e. The molecule has 2 aromatic rings. The number of Topliss-reactive ketones (excluding diaryl/α,β-unsaturated/α-hetero) is 1. The standard InChI is InChI=1S/C17H19NO8S/c19-5-13-14(22)15(23)16(24)17(26-13)25-9-1-2-10(12(21)4-9)11(20)3-8-6-27-7-18-8/h1-2,4,6-7,13-17,19,21-24H,3,5H2/t13-,14+,15+,16-,17+/m0/s1. The summed E-state index contributed by atoms with van der Waals surface area (Å²) in [7, 11) is 0. The van der Waals surface area contributed by atoms with Gasteiger partial charge in [-0.25, -0.2) is 4.98 Å². The molecule has 1 saturated heterocycles. The highest BCUT2D eigenvalue weighted by Crippen LogP contribution is 2.29. The number of ketones is 1. The maximum absolute atomic E-state index is 12.3. The first-order valence-electron chi connectivity index (χ1n) is 8.11. The zero-order valence-electron chi connectivity index (χ0n) is 14.0. The minimum atomic E-state index is -1.58. The molecule has 5 atom stereocenters. The SMILES string of the molecule is O=C(Cc1cscn1)c1ccc(O[C@@H]2O[C@@H](CO)[C@@H](O)[C@@H](O)[C@@H]2O)cc1O. The fraction of sp³-hybridized carbons (Fsp3) is 0.412. The van der Waals surface area contributed by atoms with Gasteiger partial charge in [-0.05, 0) is 12.1 Å². The molecule has 0 bridgehead atoms. The van der Waals surface area contributed by atoms with Crippen molar-refractivity contribution in [1.29, 1.82) is 0 Å². The Labute approximate surface area is 158 Å². The molecule has 1 aliphatic heterocycles. The molecule has 5 N–H and O–H groups in total. The lowest BCUT2D eigenvalue weighted by atomic mass is 9.99. The molecule has 0 aliphatic carbocycles. The number of nitrogens with zero attached hydrogens (tertiary/aromatic N) is 1. The van der Waals surface area contributed by atoms with E-state index in [4.69, 9.17) is 9.47 Å². The van der Waals surface area contributed by atoms with Crippen molar-refractivity contribution in [2.45, 2.75) is 37.1 Å². The number of phenolic OH excluding ortho intramolecular Hbond substituents is 1. The maximum atomic E-state index is 12.3. The normalized spacial score (nSPS) is 28.1. The summed E-state index contributed by atoms with van der Waals surface area (Å²) in [5.41, 5.74) is 2.30. The van der Waals surface area contributed by atoms with E-state index in [0.717, 1.165) is 0 Å². The van der Waals surface area contributed by atoms with E-state index in [2.05, 4.69) is 4.98 Å². The molecule has 1 fully saturated rings. The van der Waals surface area contributed by atoms with E-state index >= 15 is 0 Å². The fourth-order valence-electron chi connectivity index (χ4n) is 2.70. The molecule has 10 heteroatoms. The third-order valence-electron chi connectivity index (χ3n) is 4.20. The molecular weight excluding hydrogens is 378 g/mol. The molecule has 0 amide bonds. The smallest absolute Gasteiger partial charge is 0.229 e. The van der Waals surface area contributed by atoms with Crippen LogP contribution in [0, 0.1) is 0 Å². The molecule has 1 aromatic carbocycles. The molecule has 0 unspecified atom stereocenters. The van der Waals surface area contributed by atoms with Crippen LogP contribution in [0.4, 0.5) is 0 Å². The molecule has 2 heterocycles. The number of phenols is 1. The Bertz CT molecular complexity index is 781. The van der Waals surface area contributed by atoms with Crippen LogP contribution in [0.5, 0.6) is 11.5 Å². The number of aliphatic hydroxyl groups is 4. The largest absolute Gasteiger partial charge is 0.507 e. The topological polar surface area (TPSA) is 150 Å². The summed E-state index contributed by atoms with van der Waals surface area (Å²) in [4.78, 5) is 16.3. The third kappa shape index (κ3) is 4.26. The Balaban J connectivity index is 1.71. The van der Waals surface area contributed by atoms with Gasteiger partial charge in [0.2, 0.25) is 6.29 Å². The van der Waals surface area contributed by atoms with E-state index in [1.165, 1.54) is 29.5 Å². The van der Waals surface area contributed by atoms with E-state index in [-0.39, 0.29) is 29.3 Å². The summed E-state index contributed by atoms with van der Waals surface area (Å²) in [6.45, 7) is -0.583. The Morgan fingerprint density at radius 1 is 1.22 bits per heavy atom. The van der Waals surface area contributed by atoms with Crippen LogP contribution in [0.3, 0.4) is 0 Å². The number of aromatic hydroxyl groups is 1. The first-order valence-corrected chi connectivity index (χ1v) is 9.05. The van der Waals surface area contributed by atoms with E-state index in [0.29, 0.717) is 5.69 Å². The second-order valence-corrected chi connectivity index (χ2v) is 6.79. The molecule has 27 heavy (non-hydrogen) atoms. The monoisotopic (exact) mass is 397 g/mol. The number of aliphatic hydroxyl groups excluding tert-OH is 4. The van der Waals surface area contributed by atoms with Crippen LogP contribution in [0.25, 0.3) is 0 Å². The van der Waals surface area contributed by atoms with Crippen molar-refractivity contribution >= 4 is 17.1 Å². The molecule has 9 nitrogen and oxygen atoms in total. The number of benzene rings is 1. The van der Waals surface area contributed by atoms with Crippen molar-refractivity contribution in [3.05, 3.63) is 40.3 Å². The highest BCUT2D eigenvalue weighted by Gasteiger charge is 2.44. The average Bonchev–Trinajstić information content (AvgIpc) is 3.15. The molecule has 0 spiro atoms. The molecule has 1 aromatic heterocycles. The summed E-state index contributed by atoms with van der Waals surface area (Å²) in [5, 5.41) is 50.5. The van der Waals surface area contributed by atoms with Crippen LogP contribution < -0.4 is 4.74 Å².